The molecule has 6 heteroatoms. The van der Waals surface area contributed by atoms with E-state index in [-0.39, 0.29) is 0 Å². The van der Waals surface area contributed by atoms with E-state index < -0.39 is 0 Å². The first-order valence-electron chi connectivity index (χ1n) is 5.88. The zero-order valence-electron chi connectivity index (χ0n) is 10.0. The van der Waals surface area contributed by atoms with Crippen LogP contribution in [0.5, 0.6) is 0 Å². The molecule has 0 aliphatic carbocycles. The van der Waals surface area contributed by atoms with Crippen molar-refractivity contribution in [3.05, 3.63) is 15.5 Å². The number of nitrogens with one attached hydrogen (secondary N) is 2. The van der Waals surface area contributed by atoms with Gasteiger partial charge in [-0.3, -0.25) is 10.2 Å². The summed E-state index contributed by atoms with van der Waals surface area (Å²) >= 11 is 6.70. The largest absolute Gasteiger partial charge is 0.281 e. The van der Waals surface area contributed by atoms with Crippen LogP contribution in [0.25, 0.3) is 10.7 Å². The van der Waals surface area contributed by atoms with Crippen molar-refractivity contribution in [2.45, 2.75) is 39.5 Å². The van der Waals surface area contributed by atoms with Crippen molar-refractivity contribution >= 4 is 23.6 Å². The summed E-state index contributed by atoms with van der Waals surface area (Å²) in [6.45, 7) is 4.33. The first kappa shape index (κ1) is 12.4. The molecule has 0 aliphatic heterocycles. The van der Waals surface area contributed by atoms with Gasteiger partial charge in [-0.25, -0.2) is 4.98 Å². The van der Waals surface area contributed by atoms with Crippen molar-refractivity contribution in [1.82, 2.24) is 20.2 Å². The predicted octanol–water partition coefficient (Wildman–Crippen LogP) is 3.50. The summed E-state index contributed by atoms with van der Waals surface area (Å²) in [7, 11) is 0. The molecule has 0 atom stereocenters. The second kappa shape index (κ2) is 5.55. The highest BCUT2D eigenvalue weighted by atomic mass is 32.1. The minimum atomic E-state index is 0.493. The molecule has 2 rings (SSSR count). The van der Waals surface area contributed by atoms with Crippen LogP contribution < -0.4 is 0 Å². The van der Waals surface area contributed by atoms with Gasteiger partial charge in [0, 0.05) is 0 Å². The lowest BCUT2D eigenvalue weighted by molar-refractivity contribution is 0.857. The number of aromatic nitrogens is 4. The molecule has 92 valence electrons. The lowest BCUT2D eigenvalue weighted by atomic mass is 10.2. The average molecular weight is 268 g/mol. The Balaban J connectivity index is 2.39. The highest BCUT2D eigenvalue weighted by molar-refractivity contribution is 7.71. The highest BCUT2D eigenvalue weighted by Crippen LogP contribution is 2.29. The van der Waals surface area contributed by atoms with Gasteiger partial charge in [0.2, 0.25) is 4.77 Å². The zero-order valence-corrected chi connectivity index (χ0v) is 11.7. The van der Waals surface area contributed by atoms with Crippen molar-refractivity contribution in [1.29, 1.82) is 0 Å². The Bertz CT molecular complexity index is 538. The van der Waals surface area contributed by atoms with Gasteiger partial charge in [-0.15, -0.1) is 11.3 Å². The third-order valence-corrected chi connectivity index (χ3v) is 3.77. The number of aryl methyl sites for hydroxylation is 2. The second-order valence-electron chi connectivity index (χ2n) is 3.90. The molecule has 0 spiro atoms. The Morgan fingerprint density at radius 3 is 2.47 bits per heavy atom. The van der Waals surface area contributed by atoms with Crippen LogP contribution in [0.1, 0.15) is 37.4 Å². The molecule has 0 amide bonds. The van der Waals surface area contributed by atoms with E-state index in [2.05, 4.69) is 34.0 Å². The summed E-state index contributed by atoms with van der Waals surface area (Å²) in [6.07, 6.45) is 4.23. The summed E-state index contributed by atoms with van der Waals surface area (Å²) in [5, 5.41) is 7.03. The van der Waals surface area contributed by atoms with Gasteiger partial charge in [-0.2, -0.15) is 4.98 Å². The van der Waals surface area contributed by atoms with Gasteiger partial charge in [-0.05, 0) is 31.5 Å². The number of nitrogens with zero attached hydrogens (tertiary/aromatic N) is 2. The van der Waals surface area contributed by atoms with Crippen molar-refractivity contribution in [2.75, 3.05) is 0 Å². The summed E-state index contributed by atoms with van der Waals surface area (Å²) < 4.78 is 0.493. The van der Waals surface area contributed by atoms with Crippen LogP contribution in [-0.2, 0) is 12.8 Å². The van der Waals surface area contributed by atoms with E-state index in [9.17, 15) is 0 Å². The summed E-state index contributed by atoms with van der Waals surface area (Å²) in [6, 6.07) is 0. The average Bonchev–Trinajstić information content (AvgIpc) is 2.86. The van der Waals surface area contributed by atoms with Gasteiger partial charge in [0.25, 0.3) is 0 Å². The normalized spacial score (nSPS) is 10.9. The Labute approximate surface area is 110 Å². The van der Waals surface area contributed by atoms with Crippen LogP contribution in [0.2, 0.25) is 0 Å². The minimum absolute atomic E-state index is 0.493. The SMILES string of the molecule is CCCc1nc(CCC)c(-c2nc(=S)[nH][nH]2)s1. The zero-order chi connectivity index (χ0) is 12.3. The first-order valence-corrected chi connectivity index (χ1v) is 7.10. The van der Waals surface area contributed by atoms with Gasteiger partial charge >= 0.3 is 0 Å². The number of rotatable bonds is 5. The Morgan fingerprint density at radius 2 is 1.88 bits per heavy atom. The van der Waals surface area contributed by atoms with Crippen molar-refractivity contribution in [3.63, 3.8) is 0 Å². The maximum Gasteiger partial charge on any atom is 0.213 e. The quantitative estimate of drug-likeness (QED) is 0.816. The summed E-state index contributed by atoms with van der Waals surface area (Å²) in [5.74, 6) is 0.818. The van der Waals surface area contributed by atoms with Crippen LogP contribution in [0.3, 0.4) is 0 Å². The van der Waals surface area contributed by atoms with E-state index in [4.69, 9.17) is 12.2 Å². The monoisotopic (exact) mass is 268 g/mol. The maximum absolute atomic E-state index is 4.99. The molecule has 0 aliphatic rings. The topological polar surface area (TPSA) is 57.4 Å². The van der Waals surface area contributed by atoms with Crippen LogP contribution in [0.15, 0.2) is 0 Å². The number of aromatic amines is 2. The molecule has 2 heterocycles. The predicted molar refractivity (Wildman–Crippen MR) is 72.9 cm³/mol. The summed E-state index contributed by atoms with van der Waals surface area (Å²) in [4.78, 5) is 10.1. The number of thiazole rings is 1. The fraction of sp³-hybridized carbons (Fsp3) is 0.545. The maximum atomic E-state index is 4.99. The summed E-state index contributed by atoms with van der Waals surface area (Å²) in [5.41, 5.74) is 1.14. The minimum Gasteiger partial charge on any atom is -0.281 e. The second-order valence-corrected chi connectivity index (χ2v) is 5.37. The van der Waals surface area contributed by atoms with Crippen molar-refractivity contribution in [2.24, 2.45) is 0 Å². The first-order chi connectivity index (χ1) is 8.24. The lowest BCUT2D eigenvalue weighted by Gasteiger charge is -1.95. The van der Waals surface area contributed by atoms with Crippen LogP contribution in [0, 0.1) is 4.77 Å². The van der Waals surface area contributed by atoms with E-state index in [1.807, 2.05) is 0 Å². The third kappa shape index (κ3) is 2.81. The van der Waals surface area contributed by atoms with E-state index >= 15 is 0 Å². The standard InChI is InChI=1S/C11H16N4S2/c1-3-5-7-9(10-13-11(16)15-14-10)17-8(12-7)6-4-2/h3-6H2,1-2H3,(H2,13,14,15,16). The van der Waals surface area contributed by atoms with Gasteiger partial charge in [0.15, 0.2) is 5.82 Å². The molecular formula is C11H16N4S2. The molecule has 2 N–H and O–H groups in total. The van der Waals surface area contributed by atoms with E-state index in [0.717, 1.165) is 42.1 Å². The smallest absolute Gasteiger partial charge is 0.213 e. The molecule has 2 aromatic rings. The molecule has 4 nitrogen and oxygen atoms in total. The van der Waals surface area contributed by atoms with E-state index in [0.29, 0.717) is 4.77 Å². The molecule has 17 heavy (non-hydrogen) atoms. The van der Waals surface area contributed by atoms with Crippen LogP contribution in [0.4, 0.5) is 0 Å². The van der Waals surface area contributed by atoms with Crippen LogP contribution in [-0.4, -0.2) is 20.2 Å². The number of hydrogen-bond acceptors (Lipinski definition) is 4. The van der Waals surface area contributed by atoms with Crippen molar-refractivity contribution < 1.29 is 0 Å². The highest BCUT2D eigenvalue weighted by Gasteiger charge is 2.14. The fourth-order valence-corrected chi connectivity index (χ4v) is 2.99. The van der Waals surface area contributed by atoms with Gasteiger partial charge in [0.1, 0.15) is 0 Å². The molecule has 0 radical (unpaired) electrons. The van der Waals surface area contributed by atoms with Gasteiger partial charge < -0.3 is 0 Å². The molecule has 0 saturated heterocycles. The van der Waals surface area contributed by atoms with Gasteiger partial charge in [0.05, 0.1) is 15.6 Å². The molecule has 0 bridgehead atoms. The number of H-pyrrole nitrogens is 2. The Kier molecular flexibility index (Phi) is 4.06. The number of hydrogen-bond donors (Lipinski definition) is 2. The van der Waals surface area contributed by atoms with E-state index in [1.165, 1.54) is 5.01 Å². The van der Waals surface area contributed by atoms with E-state index in [1.54, 1.807) is 11.3 Å². The van der Waals surface area contributed by atoms with Crippen LogP contribution >= 0.6 is 23.6 Å². The third-order valence-electron chi connectivity index (χ3n) is 2.41. The molecule has 0 aromatic carbocycles. The van der Waals surface area contributed by atoms with Gasteiger partial charge in [-0.1, -0.05) is 20.3 Å². The lowest BCUT2D eigenvalue weighted by Crippen LogP contribution is -1.89. The molecule has 0 fully saturated rings. The Morgan fingerprint density at radius 1 is 1.12 bits per heavy atom. The van der Waals surface area contributed by atoms with Crippen molar-refractivity contribution in [3.8, 4) is 10.7 Å². The fourth-order valence-electron chi connectivity index (χ4n) is 1.69. The molecule has 2 aromatic heterocycles. The molecule has 0 saturated carbocycles. The molecule has 0 unspecified atom stereocenters. The Hall–Kier alpha value is -1.01. The molecular weight excluding hydrogens is 252 g/mol.